The van der Waals surface area contributed by atoms with Crippen molar-refractivity contribution in [2.45, 2.75) is 12.5 Å². The van der Waals surface area contributed by atoms with E-state index in [4.69, 9.17) is 5.73 Å². The third kappa shape index (κ3) is 3.61. The number of hydrogen-bond acceptors (Lipinski definition) is 5. The molecule has 29 heavy (non-hydrogen) atoms. The molecule has 3 N–H and O–H groups in total. The fourth-order valence-corrected chi connectivity index (χ4v) is 3.42. The highest BCUT2D eigenvalue weighted by atomic mass is 19.2. The zero-order valence-electron chi connectivity index (χ0n) is 15.3. The van der Waals surface area contributed by atoms with Crippen LogP contribution in [0.1, 0.15) is 28.4 Å². The molecule has 1 unspecified atom stereocenters. The van der Waals surface area contributed by atoms with E-state index >= 15 is 0 Å². The minimum atomic E-state index is -1.51. The van der Waals surface area contributed by atoms with Crippen LogP contribution in [0.5, 0.6) is 0 Å². The molecule has 1 atom stereocenters. The molecule has 1 fully saturated rings. The van der Waals surface area contributed by atoms with Gasteiger partial charge < -0.3 is 16.0 Å². The fourth-order valence-electron chi connectivity index (χ4n) is 3.42. The molecule has 1 saturated heterocycles. The van der Waals surface area contributed by atoms with Gasteiger partial charge in [-0.3, -0.25) is 4.79 Å². The van der Waals surface area contributed by atoms with Gasteiger partial charge in [0.05, 0.1) is 17.1 Å². The van der Waals surface area contributed by atoms with Crippen molar-refractivity contribution in [1.82, 2.24) is 14.9 Å². The summed E-state index contributed by atoms with van der Waals surface area (Å²) in [6.45, 7) is 2.04. The number of nitrogens with one attached hydrogen (secondary N) is 1. The molecule has 2 heterocycles. The number of rotatable bonds is 6. The number of halogens is 3. The molecule has 0 radical (unpaired) electrons. The molecule has 4 rings (SSSR count). The first kappa shape index (κ1) is 19.1. The molecule has 0 aliphatic carbocycles. The van der Waals surface area contributed by atoms with E-state index in [2.05, 4.69) is 20.2 Å². The second-order valence-electron chi connectivity index (χ2n) is 6.90. The molecule has 3 aromatic rings. The number of nitrogens with two attached hydrogens (primary N) is 1. The Morgan fingerprint density at radius 3 is 2.62 bits per heavy atom. The van der Waals surface area contributed by atoms with Gasteiger partial charge in [0.15, 0.2) is 17.5 Å². The van der Waals surface area contributed by atoms with Crippen molar-refractivity contribution in [3.05, 3.63) is 65.2 Å². The average Bonchev–Trinajstić information content (AvgIpc) is 2.68. The van der Waals surface area contributed by atoms with Crippen LogP contribution in [0.3, 0.4) is 0 Å². The number of amides is 1. The van der Waals surface area contributed by atoms with E-state index in [0.717, 1.165) is 25.6 Å². The van der Waals surface area contributed by atoms with Crippen LogP contribution in [0.25, 0.3) is 10.9 Å². The normalized spacial score (nSPS) is 15.1. The number of carbonyl (C=O) groups is 1. The van der Waals surface area contributed by atoms with Gasteiger partial charge in [0, 0.05) is 17.5 Å². The SMILES string of the molecule is NC(=O)c1cccc2c(NC(CN3CCC3)c3ccc(F)c(F)c3F)ncnc12. The summed E-state index contributed by atoms with van der Waals surface area (Å²) < 4.78 is 41.8. The Balaban J connectivity index is 1.76. The van der Waals surface area contributed by atoms with Gasteiger partial charge >= 0.3 is 0 Å². The largest absolute Gasteiger partial charge is 0.366 e. The summed E-state index contributed by atoms with van der Waals surface area (Å²) in [5.41, 5.74) is 5.99. The van der Waals surface area contributed by atoms with Crippen LogP contribution in [-0.4, -0.2) is 40.4 Å². The van der Waals surface area contributed by atoms with E-state index in [0.29, 0.717) is 23.3 Å². The second-order valence-corrected chi connectivity index (χ2v) is 6.90. The molecule has 9 heteroatoms. The van der Waals surface area contributed by atoms with Crippen molar-refractivity contribution in [2.24, 2.45) is 5.73 Å². The van der Waals surface area contributed by atoms with Gasteiger partial charge in [-0.1, -0.05) is 12.1 Å². The molecule has 0 saturated carbocycles. The predicted molar refractivity (Wildman–Crippen MR) is 102 cm³/mol. The fraction of sp³-hybridized carbons (Fsp3) is 0.250. The van der Waals surface area contributed by atoms with E-state index in [1.165, 1.54) is 12.4 Å². The van der Waals surface area contributed by atoms with E-state index in [1.807, 2.05) is 0 Å². The second kappa shape index (κ2) is 7.67. The first-order valence-corrected chi connectivity index (χ1v) is 9.11. The standard InChI is InChI=1S/C20H18F3N5O/c21-14-6-5-11(16(22)17(14)23)15(9-28-7-2-8-28)27-20-13-4-1-3-12(19(24)29)18(13)25-10-26-20/h1,3-6,10,15H,2,7-9H2,(H2,24,29)(H,25,26,27). The Bertz CT molecular complexity index is 1090. The minimum Gasteiger partial charge on any atom is -0.366 e. The number of aromatic nitrogens is 2. The predicted octanol–water partition coefficient (Wildman–Crippen LogP) is 3.00. The van der Waals surface area contributed by atoms with Gasteiger partial charge in [-0.2, -0.15) is 0 Å². The monoisotopic (exact) mass is 401 g/mol. The first-order valence-electron chi connectivity index (χ1n) is 9.11. The van der Waals surface area contributed by atoms with Gasteiger partial charge in [-0.25, -0.2) is 23.1 Å². The summed E-state index contributed by atoms with van der Waals surface area (Å²) >= 11 is 0. The van der Waals surface area contributed by atoms with Gasteiger partial charge in [0.2, 0.25) is 0 Å². The van der Waals surface area contributed by atoms with Crippen LogP contribution < -0.4 is 11.1 Å². The van der Waals surface area contributed by atoms with E-state index in [1.54, 1.807) is 18.2 Å². The highest BCUT2D eigenvalue weighted by Gasteiger charge is 2.26. The quantitative estimate of drug-likeness (QED) is 0.621. The van der Waals surface area contributed by atoms with Gasteiger partial charge in [0.25, 0.3) is 5.91 Å². The smallest absolute Gasteiger partial charge is 0.250 e. The number of benzene rings is 2. The summed E-state index contributed by atoms with van der Waals surface area (Å²) in [5.74, 6) is -4.29. The lowest BCUT2D eigenvalue weighted by atomic mass is 10.0. The van der Waals surface area contributed by atoms with Crippen LogP contribution >= 0.6 is 0 Å². The minimum absolute atomic E-state index is 0.00591. The number of para-hydroxylation sites is 1. The molecule has 1 aliphatic rings. The number of hydrogen-bond donors (Lipinski definition) is 2. The third-order valence-electron chi connectivity index (χ3n) is 5.07. The number of nitrogens with zero attached hydrogens (tertiary/aromatic N) is 3. The van der Waals surface area contributed by atoms with Gasteiger partial charge in [0.1, 0.15) is 12.1 Å². The topological polar surface area (TPSA) is 84.1 Å². The molecular weight excluding hydrogens is 383 g/mol. The molecule has 2 aromatic carbocycles. The summed E-state index contributed by atoms with van der Waals surface area (Å²) in [4.78, 5) is 22.1. The van der Waals surface area contributed by atoms with Crippen molar-refractivity contribution in [3.8, 4) is 0 Å². The molecule has 6 nitrogen and oxygen atoms in total. The lowest BCUT2D eigenvalue weighted by Crippen LogP contribution is -2.41. The van der Waals surface area contributed by atoms with Gasteiger partial charge in [-0.15, -0.1) is 0 Å². The van der Waals surface area contributed by atoms with E-state index in [-0.39, 0.29) is 11.1 Å². The molecule has 0 spiro atoms. The number of fused-ring (bicyclic) bond motifs is 1. The van der Waals surface area contributed by atoms with E-state index < -0.39 is 29.4 Å². The zero-order valence-corrected chi connectivity index (χ0v) is 15.3. The molecule has 150 valence electrons. The lowest BCUT2D eigenvalue weighted by Gasteiger charge is -2.35. The third-order valence-corrected chi connectivity index (χ3v) is 5.07. The van der Waals surface area contributed by atoms with Crippen LogP contribution in [0, 0.1) is 17.5 Å². The lowest BCUT2D eigenvalue weighted by molar-refractivity contribution is 0.100. The van der Waals surface area contributed by atoms with Crippen molar-refractivity contribution in [2.75, 3.05) is 25.0 Å². The van der Waals surface area contributed by atoms with Crippen LogP contribution in [-0.2, 0) is 0 Å². The van der Waals surface area contributed by atoms with Crippen LogP contribution in [0.4, 0.5) is 19.0 Å². The number of carbonyl (C=O) groups excluding carboxylic acids is 1. The Morgan fingerprint density at radius 1 is 1.14 bits per heavy atom. The zero-order chi connectivity index (χ0) is 20.5. The summed E-state index contributed by atoms with van der Waals surface area (Å²) in [6.07, 6.45) is 2.28. The highest BCUT2D eigenvalue weighted by Crippen LogP contribution is 2.29. The van der Waals surface area contributed by atoms with Crippen LogP contribution in [0.2, 0.25) is 0 Å². The van der Waals surface area contributed by atoms with Crippen molar-refractivity contribution < 1.29 is 18.0 Å². The van der Waals surface area contributed by atoms with Gasteiger partial charge in [-0.05, 0) is 37.7 Å². The number of likely N-dealkylation sites (tertiary alicyclic amines) is 1. The Kier molecular flexibility index (Phi) is 5.06. The van der Waals surface area contributed by atoms with Crippen LogP contribution in [0.15, 0.2) is 36.7 Å². The number of anilines is 1. The molecule has 1 aliphatic heterocycles. The first-order chi connectivity index (χ1) is 14.0. The number of primary amides is 1. The maximum atomic E-state index is 14.5. The van der Waals surface area contributed by atoms with Crippen molar-refractivity contribution in [1.29, 1.82) is 0 Å². The Hall–Kier alpha value is -3.20. The maximum absolute atomic E-state index is 14.5. The summed E-state index contributed by atoms with van der Waals surface area (Å²) in [6, 6.07) is 6.33. The maximum Gasteiger partial charge on any atom is 0.250 e. The van der Waals surface area contributed by atoms with E-state index in [9.17, 15) is 18.0 Å². The Labute approximate surface area is 164 Å². The molecule has 1 aromatic heterocycles. The van der Waals surface area contributed by atoms with Crippen molar-refractivity contribution >= 4 is 22.6 Å². The average molecular weight is 401 g/mol. The highest BCUT2D eigenvalue weighted by molar-refractivity contribution is 6.06. The molecule has 1 amide bonds. The summed E-state index contributed by atoms with van der Waals surface area (Å²) in [7, 11) is 0. The Morgan fingerprint density at radius 2 is 1.93 bits per heavy atom. The summed E-state index contributed by atoms with van der Waals surface area (Å²) in [5, 5.41) is 3.63. The molecule has 0 bridgehead atoms. The molecular formula is C20H18F3N5O. The van der Waals surface area contributed by atoms with Crippen molar-refractivity contribution in [3.63, 3.8) is 0 Å².